The number of likely N-dealkylation sites (tertiary alicyclic amines) is 1. The lowest BCUT2D eigenvalue weighted by Crippen LogP contribution is -2.29. The normalized spacial score (nSPS) is 17.2. The Kier molecular flexibility index (Phi) is 7.07. The largest absolute Gasteiger partial charge is 0.507 e. The number of nitrogens with zero attached hydrogens (tertiary/aromatic N) is 1. The van der Waals surface area contributed by atoms with Gasteiger partial charge in [0.2, 0.25) is 0 Å². The Morgan fingerprint density at radius 2 is 1.68 bits per heavy atom. The molecule has 0 saturated carbocycles. The van der Waals surface area contributed by atoms with Gasteiger partial charge in [0.25, 0.3) is 11.7 Å². The van der Waals surface area contributed by atoms with Gasteiger partial charge in [0.1, 0.15) is 23.1 Å². The summed E-state index contributed by atoms with van der Waals surface area (Å²) in [5.74, 6) is -1.92. The summed E-state index contributed by atoms with van der Waals surface area (Å²) in [6.07, 6.45) is 0. The van der Waals surface area contributed by atoms with E-state index in [0.29, 0.717) is 11.3 Å². The number of amides is 1. The van der Waals surface area contributed by atoms with Crippen LogP contribution in [0.15, 0.2) is 72.3 Å². The lowest BCUT2D eigenvalue weighted by atomic mass is 9.85. The van der Waals surface area contributed by atoms with Crippen molar-refractivity contribution in [3.63, 3.8) is 0 Å². The number of carbonyl (C=O) groups excluding carboxylic acids is 2. The number of rotatable bonds is 6. The molecule has 1 saturated heterocycles. The molecule has 6 nitrogen and oxygen atoms in total. The summed E-state index contributed by atoms with van der Waals surface area (Å²) in [6, 6.07) is 17.6. The molecular weight excluding hydrogens is 473 g/mol. The van der Waals surface area contributed by atoms with Gasteiger partial charge in [-0.15, -0.1) is 0 Å². The first kappa shape index (κ1) is 25.9. The number of halogens is 1. The lowest BCUT2D eigenvalue weighted by molar-refractivity contribution is -0.140. The number of ether oxygens (including phenoxy) is 2. The van der Waals surface area contributed by atoms with Crippen LogP contribution in [0.25, 0.3) is 5.76 Å². The zero-order valence-corrected chi connectivity index (χ0v) is 21.5. The molecule has 1 aliphatic rings. The molecule has 0 bridgehead atoms. The van der Waals surface area contributed by atoms with Crippen LogP contribution < -0.4 is 9.47 Å². The minimum Gasteiger partial charge on any atom is -0.507 e. The van der Waals surface area contributed by atoms with E-state index in [1.54, 1.807) is 25.3 Å². The van der Waals surface area contributed by atoms with E-state index in [1.165, 1.54) is 24.1 Å². The highest BCUT2D eigenvalue weighted by molar-refractivity contribution is 6.46. The van der Waals surface area contributed by atoms with Crippen molar-refractivity contribution in [1.29, 1.82) is 0 Å². The minimum atomic E-state index is -0.895. The van der Waals surface area contributed by atoms with E-state index in [-0.39, 0.29) is 28.8 Å². The first-order valence-corrected chi connectivity index (χ1v) is 11.9. The fraction of sp³-hybridized carbons (Fsp3) is 0.267. The third kappa shape index (κ3) is 5.07. The Morgan fingerprint density at radius 3 is 2.30 bits per heavy atom. The van der Waals surface area contributed by atoms with E-state index in [0.717, 1.165) is 17.2 Å². The fourth-order valence-electron chi connectivity index (χ4n) is 4.53. The van der Waals surface area contributed by atoms with Gasteiger partial charge < -0.3 is 19.5 Å². The number of ketones is 1. The van der Waals surface area contributed by atoms with Gasteiger partial charge in [-0.25, -0.2) is 4.39 Å². The number of carbonyl (C=O) groups is 2. The van der Waals surface area contributed by atoms with Crippen molar-refractivity contribution in [3.05, 3.63) is 100 Å². The van der Waals surface area contributed by atoms with Crippen molar-refractivity contribution in [2.45, 2.75) is 38.8 Å². The average Bonchev–Trinajstić information content (AvgIpc) is 3.12. The maximum absolute atomic E-state index is 14.2. The molecule has 0 spiro atoms. The van der Waals surface area contributed by atoms with Gasteiger partial charge >= 0.3 is 0 Å². The number of hydrogen-bond donors (Lipinski definition) is 1. The molecule has 7 heteroatoms. The molecule has 1 amide bonds. The quantitative estimate of drug-likeness (QED) is 0.263. The molecule has 37 heavy (non-hydrogen) atoms. The molecule has 3 aromatic rings. The van der Waals surface area contributed by atoms with E-state index in [4.69, 9.17) is 9.47 Å². The summed E-state index contributed by atoms with van der Waals surface area (Å²) < 4.78 is 24.8. The van der Waals surface area contributed by atoms with E-state index < -0.39 is 29.3 Å². The molecule has 1 N–H and O–H groups in total. The Bertz CT molecular complexity index is 1370. The van der Waals surface area contributed by atoms with Gasteiger partial charge in [-0.1, -0.05) is 57.2 Å². The smallest absolute Gasteiger partial charge is 0.295 e. The van der Waals surface area contributed by atoms with Gasteiger partial charge in [-0.3, -0.25) is 9.59 Å². The second kappa shape index (κ2) is 10.1. The zero-order chi connectivity index (χ0) is 26.9. The minimum absolute atomic E-state index is 0.00167. The molecular formula is C30H30FNO5. The second-order valence-corrected chi connectivity index (χ2v) is 10.00. The van der Waals surface area contributed by atoms with E-state index in [9.17, 15) is 19.1 Å². The van der Waals surface area contributed by atoms with E-state index >= 15 is 0 Å². The Hall–Kier alpha value is -4.13. The summed E-state index contributed by atoms with van der Waals surface area (Å²) in [7, 11) is 2.93. The Labute approximate surface area is 215 Å². The van der Waals surface area contributed by atoms with Crippen molar-refractivity contribution in [1.82, 2.24) is 4.90 Å². The summed E-state index contributed by atoms with van der Waals surface area (Å²) in [6.45, 7) is 6.37. The number of aliphatic hydroxyl groups is 1. The number of methoxy groups -OCH3 is 2. The number of aliphatic hydroxyl groups excluding tert-OH is 1. The maximum Gasteiger partial charge on any atom is 0.295 e. The molecule has 192 valence electrons. The molecule has 0 aromatic heterocycles. The van der Waals surface area contributed by atoms with Crippen LogP contribution in [-0.2, 0) is 21.5 Å². The average molecular weight is 504 g/mol. The first-order valence-electron chi connectivity index (χ1n) is 11.9. The molecule has 0 aliphatic carbocycles. The van der Waals surface area contributed by atoms with Crippen LogP contribution in [-0.4, -0.2) is 35.9 Å². The second-order valence-electron chi connectivity index (χ2n) is 10.00. The molecule has 3 aromatic carbocycles. The molecule has 1 unspecified atom stereocenters. The standard InChI is InChI=1S/C30H30FNO5/c1-30(2,3)20-11-9-19(10-12-20)26-25(27(33)23-16-21(31)13-14-24(23)37-5)28(34)29(35)32(26)17-18-7-6-8-22(15-18)36-4/h6-16,26,33H,17H2,1-5H3/b27-25+. The SMILES string of the molecule is COc1cccc(CN2C(=O)C(=O)/C(=C(/O)c3cc(F)ccc3OC)C2c2ccc(C(C)(C)C)cc2)c1. The lowest BCUT2D eigenvalue weighted by Gasteiger charge is -2.27. The molecule has 4 rings (SSSR count). The third-order valence-corrected chi connectivity index (χ3v) is 6.54. The highest BCUT2D eigenvalue weighted by atomic mass is 19.1. The van der Waals surface area contributed by atoms with Gasteiger partial charge in [0, 0.05) is 6.54 Å². The van der Waals surface area contributed by atoms with Crippen LogP contribution in [0.1, 0.15) is 49.1 Å². The molecule has 0 radical (unpaired) electrons. The first-order chi connectivity index (χ1) is 17.5. The predicted octanol–water partition coefficient (Wildman–Crippen LogP) is 5.76. The summed E-state index contributed by atoms with van der Waals surface area (Å²) in [5, 5.41) is 11.3. The number of hydrogen-bond acceptors (Lipinski definition) is 5. The third-order valence-electron chi connectivity index (χ3n) is 6.54. The summed E-state index contributed by atoms with van der Waals surface area (Å²) >= 11 is 0. The summed E-state index contributed by atoms with van der Waals surface area (Å²) in [5.41, 5.74) is 2.25. The van der Waals surface area contributed by atoms with Crippen molar-refractivity contribution in [2.24, 2.45) is 0 Å². The summed E-state index contributed by atoms with van der Waals surface area (Å²) in [4.78, 5) is 28.1. The fourth-order valence-corrected chi connectivity index (χ4v) is 4.53. The highest BCUT2D eigenvalue weighted by Gasteiger charge is 2.46. The van der Waals surface area contributed by atoms with Crippen LogP contribution in [0.4, 0.5) is 4.39 Å². The van der Waals surface area contributed by atoms with Gasteiger partial charge in [-0.05, 0) is 52.4 Å². The van der Waals surface area contributed by atoms with Crippen molar-refractivity contribution < 1.29 is 28.6 Å². The van der Waals surface area contributed by atoms with Crippen molar-refractivity contribution in [3.8, 4) is 11.5 Å². The topological polar surface area (TPSA) is 76.1 Å². The molecule has 1 fully saturated rings. The van der Waals surface area contributed by atoms with Gasteiger partial charge in [0.15, 0.2) is 0 Å². The van der Waals surface area contributed by atoms with Gasteiger partial charge in [-0.2, -0.15) is 0 Å². The van der Waals surface area contributed by atoms with Crippen molar-refractivity contribution >= 4 is 17.4 Å². The molecule has 1 aliphatic heterocycles. The molecule has 1 heterocycles. The highest BCUT2D eigenvalue weighted by Crippen LogP contribution is 2.42. The monoisotopic (exact) mass is 503 g/mol. The van der Waals surface area contributed by atoms with Crippen LogP contribution in [0.3, 0.4) is 0 Å². The van der Waals surface area contributed by atoms with Crippen molar-refractivity contribution in [2.75, 3.05) is 14.2 Å². The molecule has 1 atom stereocenters. The zero-order valence-electron chi connectivity index (χ0n) is 21.5. The maximum atomic E-state index is 14.2. The van der Waals surface area contributed by atoms with Gasteiger partial charge in [0.05, 0.1) is 31.4 Å². The van der Waals surface area contributed by atoms with Crippen LogP contribution in [0.2, 0.25) is 0 Å². The number of Topliss-reactive ketones (excluding diaryl/α,β-unsaturated/α-hetero) is 1. The number of benzene rings is 3. The Morgan fingerprint density at radius 1 is 0.973 bits per heavy atom. The van der Waals surface area contributed by atoms with Crippen LogP contribution >= 0.6 is 0 Å². The Balaban J connectivity index is 1.90. The van der Waals surface area contributed by atoms with Crippen LogP contribution in [0.5, 0.6) is 11.5 Å². The van der Waals surface area contributed by atoms with E-state index in [2.05, 4.69) is 20.8 Å². The predicted molar refractivity (Wildman–Crippen MR) is 139 cm³/mol. The van der Waals surface area contributed by atoms with E-state index in [1.807, 2.05) is 30.3 Å². The van der Waals surface area contributed by atoms with Crippen LogP contribution in [0, 0.1) is 5.82 Å².